The number of sulfone groups is 1. The van der Waals surface area contributed by atoms with E-state index in [1.54, 1.807) is 39.0 Å². The zero-order chi connectivity index (χ0) is 19.6. The second-order valence-corrected chi connectivity index (χ2v) is 10.9. The van der Waals surface area contributed by atoms with Gasteiger partial charge in [0.15, 0.2) is 5.03 Å². The van der Waals surface area contributed by atoms with Crippen molar-refractivity contribution < 1.29 is 16.8 Å². The Morgan fingerprint density at radius 1 is 0.962 bits per heavy atom. The summed E-state index contributed by atoms with van der Waals surface area (Å²) in [4.78, 5) is 0.0655. The maximum Gasteiger partial charge on any atom is 0.238 e. The van der Waals surface area contributed by atoms with Gasteiger partial charge in [-0.25, -0.2) is 22.0 Å². The predicted octanol–water partition coefficient (Wildman–Crippen LogP) is 1.35. The Hall–Kier alpha value is -2.04. The van der Waals surface area contributed by atoms with E-state index in [2.05, 4.69) is 15.5 Å². The zero-order valence-electron chi connectivity index (χ0n) is 14.8. The summed E-state index contributed by atoms with van der Waals surface area (Å²) < 4.78 is 46.1. The summed E-state index contributed by atoms with van der Waals surface area (Å²) in [7, 11) is -7.23. The van der Waals surface area contributed by atoms with Crippen molar-refractivity contribution in [3.05, 3.63) is 42.0 Å². The third-order valence-corrected chi connectivity index (χ3v) is 7.00. The first-order chi connectivity index (χ1) is 11.9. The highest BCUT2D eigenvalue weighted by molar-refractivity contribution is 7.92. The number of nitrogens with one attached hydrogen (secondary N) is 1. The van der Waals surface area contributed by atoms with Crippen molar-refractivity contribution in [2.45, 2.75) is 41.9 Å². The fourth-order valence-electron chi connectivity index (χ4n) is 2.05. The van der Waals surface area contributed by atoms with Gasteiger partial charge in [0.25, 0.3) is 0 Å². The first kappa shape index (κ1) is 20.3. The molecule has 3 N–H and O–H groups in total. The van der Waals surface area contributed by atoms with Crippen LogP contribution in [0.25, 0.3) is 0 Å². The molecule has 1 aromatic heterocycles. The van der Waals surface area contributed by atoms with Crippen molar-refractivity contribution in [1.82, 2.24) is 10.2 Å². The number of sulfonamides is 1. The van der Waals surface area contributed by atoms with E-state index in [0.717, 1.165) is 5.56 Å². The number of hydrogen-bond donors (Lipinski definition) is 2. The molecule has 0 atom stereocenters. The van der Waals surface area contributed by atoms with Crippen LogP contribution in [-0.4, -0.2) is 38.3 Å². The molecule has 10 heteroatoms. The van der Waals surface area contributed by atoms with Gasteiger partial charge < -0.3 is 5.32 Å². The SMILES string of the molecule is CC(C)(C)S(=O)(=O)c1ccc(NCCc2ccc(S(N)(=O)=O)cc2)nn1. The Morgan fingerprint density at radius 2 is 1.58 bits per heavy atom. The molecule has 26 heavy (non-hydrogen) atoms. The van der Waals surface area contributed by atoms with Crippen LogP contribution in [0.1, 0.15) is 26.3 Å². The normalized spacial score (nSPS) is 12.8. The van der Waals surface area contributed by atoms with Crippen molar-refractivity contribution in [2.24, 2.45) is 5.14 Å². The van der Waals surface area contributed by atoms with E-state index >= 15 is 0 Å². The van der Waals surface area contributed by atoms with E-state index in [9.17, 15) is 16.8 Å². The van der Waals surface area contributed by atoms with Gasteiger partial charge in [0.1, 0.15) is 5.82 Å². The predicted molar refractivity (Wildman–Crippen MR) is 99.0 cm³/mol. The van der Waals surface area contributed by atoms with Gasteiger partial charge in [-0.2, -0.15) is 0 Å². The summed E-state index contributed by atoms with van der Waals surface area (Å²) in [6, 6.07) is 9.28. The third kappa shape index (κ3) is 4.77. The van der Waals surface area contributed by atoms with Crippen LogP contribution in [0.4, 0.5) is 5.82 Å². The fourth-order valence-corrected chi connectivity index (χ4v) is 3.59. The lowest BCUT2D eigenvalue weighted by atomic mass is 10.1. The van der Waals surface area contributed by atoms with Crippen molar-refractivity contribution in [2.75, 3.05) is 11.9 Å². The lowest BCUT2D eigenvalue weighted by Gasteiger charge is -2.18. The Balaban J connectivity index is 1.97. The summed E-state index contributed by atoms with van der Waals surface area (Å²) >= 11 is 0. The zero-order valence-corrected chi connectivity index (χ0v) is 16.4. The third-order valence-electron chi connectivity index (χ3n) is 3.69. The van der Waals surface area contributed by atoms with Crippen LogP contribution in [0.3, 0.4) is 0 Å². The molecule has 2 rings (SSSR count). The van der Waals surface area contributed by atoms with Crippen LogP contribution in [-0.2, 0) is 26.3 Å². The highest BCUT2D eigenvalue weighted by Crippen LogP contribution is 2.23. The van der Waals surface area contributed by atoms with E-state index in [1.807, 2.05) is 0 Å². The molecular formula is C16H22N4O4S2. The van der Waals surface area contributed by atoms with Gasteiger partial charge in [-0.05, 0) is 57.0 Å². The molecule has 0 saturated heterocycles. The summed E-state index contributed by atoms with van der Waals surface area (Å²) in [5.41, 5.74) is 0.921. The Kier molecular flexibility index (Phi) is 5.69. The van der Waals surface area contributed by atoms with Gasteiger partial charge in [-0.3, -0.25) is 0 Å². The minimum atomic E-state index is -3.69. The Labute approximate surface area is 153 Å². The number of anilines is 1. The molecule has 0 fully saturated rings. The molecule has 142 valence electrons. The molecule has 0 aliphatic carbocycles. The number of nitrogens with two attached hydrogens (primary N) is 1. The molecule has 0 radical (unpaired) electrons. The van der Waals surface area contributed by atoms with Crippen molar-refractivity contribution in [3.8, 4) is 0 Å². The van der Waals surface area contributed by atoms with E-state index in [-0.39, 0.29) is 9.92 Å². The summed E-state index contributed by atoms with van der Waals surface area (Å²) in [6.45, 7) is 5.35. The van der Waals surface area contributed by atoms with Crippen LogP contribution in [0, 0.1) is 0 Å². The van der Waals surface area contributed by atoms with E-state index < -0.39 is 24.6 Å². The molecule has 0 spiro atoms. The summed E-state index contributed by atoms with van der Waals surface area (Å²) in [5.74, 6) is 0.457. The van der Waals surface area contributed by atoms with Crippen LogP contribution >= 0.6 is 0 Å². The van der Waals surface area contributed by atoms with E-state index in [0.29, 0.717) is 18.8 Å². The molecule has 0 bridgehead atoms. The number of benzene rings is 1. The largest absolute Gasteiger partial charge is 0.368 e. The van der Waals surface area contributed by atoms with Gasteiger partial charge in [0, 0.05) is 6.54 Å². The first-order valence-corrected chi connectivity index (χ1v) is 10.9. The average Bonchev–Trinajstić information content (AvgIpc) is 2.54. The molecule has 0 amide bonds. The number of rotatable bonds is 6. The molecule has 0 aliphatic heterocycles. The van der Waals surface area contributed by atoms with Gasteiger partial charge in [-0.15, -0.1) is 10.2 Å². The van der Waals surface area contributed by atoms with Crippen LogP contribution < -0.4 is 10.5 Å². The maximum absolute atomic E-state index is 12.3. The lowest BCUT2D eigenvalue weighted by molar-refractivity contribution is 0.554. The Morgan fingerprint density at radius 3 is 2.04 bits per heavy atom. The van der Waals surface area contributed by atoms with Gasteiger partial charge in [0.2, 0.25) is 19.9 Å². The molecule has 0 saturated carbocycles. The average molecular weight is 399 g/mol. The second kappa shape index (κ2) is 7.29. The smallest absolute Gasteiger partial charge is 0.238 e. The first-order valence-electron chi connectivity index (χ1n) is 7.85. The Bertz CT molecular complexity index is 962. The molecular weight excluding hydrogens is 376 g/mol. The number of hydrogen-bond acceptors (Lipinski definition) is 7. The summed E-state index contributed by atoms with van der Waals surface area (Å²) in [5, 5.41) is 15.7. The van der Waals surface area contributed by atoms with Gasteiger partial charge in [-0.1, -0.05) is 12.1 Å². The second-order valence-electron chi connectivity index (χ2n) is 6.74. The van der Waals surface area contributed by atoms with Crippen LogP contribution in [0.5, 0.6) is 0 Å². The number of aromatic nitrogens is 2. The topological polar surface area (TPSA) is 132 Å². The molecule has 8 nitrogen and oxygen atoms in total. The lowest BCUT2D eigenvalue weighted by Crippen LogP contribution is -2.29. The van der Waals surface area contributed by atoms with Crippen LogP contribution in [0.2, 0.25) is 0 Å². The highest BCUT2D eigenvalue weighted by Gasteiger charge is 2.32. The highest BCUT2D eigenvalue weighted by atomic mass is 32.2. The summed E-state index contributed by atoms with van der Waals surface area (Å²) in [6.07, 6.45) is 0.620. The maximum atomic E-state index is 12.3. The quantitative estimate of drug-likeness (QED) is 0.750. The van der Waals surface area contributed by atoms with Gasteiger partial charge in [0.05, 0.1) is 9.64 Å². The minimum absolute atomic E-state index is 0.0610. The van der Waals surface area contributed by atoms with Crippen molar-refractivity contribution in [1.29, 1.82) is 0 Å². The van der Waals surface area contributed by atoms with Crippen molar-refractivity contribution >= 4 is 25.7 Å². The minimum Gasteiger partial charge on any atom is -0.368 e. The number of nitrogens with zero attached hydrogens (tertiary/aromatic N) is 2. The molecule has 1 aromatic carbocycles. The van der Waals surface area contributed by atoms with E-state index in [4.69, 9.17) is 5.14 Å². The standard InChI is InChI=1S/C16H22N4O4S2/c1-16(2,3)25(21,22)15-9-8-14(19-20-15)18-11-10-12-4-6-13(7-5-12)26(17,23)24/h4-9H,10-11H2,1-3H3,(H,18,19)(H2,17,23,24). The fraction of sp³-hybridized carbons (Fsp3) is 0.375. The molecule has 1 heterocycles. The van der Waals surface area contributed by atoms with Crippen LogP contribution in [0.15, 0.2) is 46.3 Å². The van der Waals surface area contributed by atoms with E-state index in [1.165, 1.54) is 18.2 Å². The van der Waals surface area contributed by atoms with Gasteiger partial charge >= 0.3 is 0 Å². The number of primary sulfonamides is 1. The molecule has 0 unspecified atom stereocenters. The monoisotopic (exact) mass is 398 g/mol. The molecule has 2 aromatic rings. The molecule has 0 aliphatic rings. The van der Waals surface area contributed by atoms with Crippen molar-refractivity contribution in [3.63, 3.8) is 0 Å².